The molecule has 0 aliphatic rings. The van der Waals surface area contributed by atoms with Crippen LogP contribution >= 0.6 is 0 Å². The van der Waals surface area contributed by atoms with Gasteiger partial charge in [0.2, 0.25) is 5.91 Å². The zero-order valence-electron chi connectivity index (χ0n) is 20.3. The van der Waals surface area contributed by atoms with E-state index in [1.807, 2.05) is 58.0 Å². The highest BCUT2D eigenvalue weighted by molar-refractivity contribution is 6.06. The number of nitrogens with zero attached hydrogens (tertiary/aromatic N) is 2. The quantitative estimate of drug-likeness (QED) is 0.415. The van der Waals surface area contributed by atoms with Gasteiger partial charge in [0.05, 0.1) is 6.04 Å². The maximum Gasteiger partial charge on any atom is 0.273 e. The number of benzene rings is 2. The average Bonchev–Trinajstić information content (AvgIpc) is 3.17. The molecule has 0 fully saturated rings. The van der Waals surface area contributed by atoms with Gasteiger partial charge < -0.3 is 16.4 Å². The van der Waals surface area contributed by atoms with Gasteiger partial charge in [-0.1, -0.05) is 63.2 Å². The summed E-state index contributed by atoms with van der Waals surface area (Å²) in [7, 11) is 0. The molecule has 2 aromatic carbocycles. The van der Waals surface area contributed by atoms with Crippen LogP contribution < -0.4 is 16.4 Å². The van der Waals surface area contributed by atoms with Crippen LogP contribution in [0.15, 0.2) is 48.5 Å². The monoisotopic (exact) mass is 467 g/mol. The Kier molecular flexibility index (Phi) is 8.04. The van der Waals surface area contributed by atoms with Gasteiger partial charge in [-0.3, -0.25) is 14.3 Å². The third-order valence-corrected chi connectivity index (χ3v) is 5.82. The van der Waals surface area contributed by atoms with E-state index in [4.69, 9.17) is 5.73 Å². The van der Waals surface area contributed by atoms with Gasteiger partial charge in [0.15, 0.2) is 5.69 Å². The van der Waals surface area contributed by atoms with Crippen LogP contribution in [0.1, 0.15) is 62.6 Å². The molecule has 2 amide bonds. The van der Waals surface area contributed by atoms with Crippen molar-refractivity contribution in [1.82, 2.24) is 20.4 Å². The highest BCUT2D eigenvalue weighted by Gasteiger charge is 2.35. The third kappa shape index (κ3) is 5.80. The SMILES string of the molecule is CC(NC(=O)C(NC(=O)c1nn(CCCCN)c2c(F)cccc12)C(C)(C)C)c1ccccc1. The summed E-state index contributed by atoms with van der Waals surface area (Å²) >= 11 is 0. The van der Waals surface area contributed by atoms with Crippen molar-refractivity contribution in [2.75, 3.05) is 6.54 Å². The Hall–Kier alpha value is -3.26. The fraction of sp³-hybridized carbons (Fsp3) is 0.423. The summed E-state index contributed by atoms with van der Waals surface area (Å²) in [6, 6.07) is 13.1. The molecule has 3 aromatic rings. The second-order valence-corrected chi connectivity index (χ2v) is 9.62. The summed E-state index contributed by atoms with van der Waals surface area (Å²) in [4.78, 5) is 26.5. The van der Waals surface area contributed by atoms with E-state index in [9.17, 15) is 14.0 Å². The zero-order chi connectivity index (χ0) is 24.9. The molecule has 0 bridgehead atoms. The molecule has 3 rings (SSSR count). The van der Waals surface area contributed by atoms with E-state index in [2.05, 4.69) is 15.7 Å². The minimum Gasteiger partial charge on any atom is -0.348 e. The van der Waals surface area contributed by atoms with Crippen molar-refractivity contribution >= 4 is 22.7 Å². The number of amides is 2. The van der Waals surface area contributed by atoms with Gasteiger partial charge >= 0.3 is 0 Å². The van der Waals surface area contributed by atoms with Crippen LogP contribution in [0, 0.1) is 11.2 Å². The Morgan fingerprint density at radius 1 is 1.06 bits per heavy atom. The van der Waals surface area contributed by atoms with E-state index in [-0.39, 0.29) is 23.2 Å². The summed E-state index contributed by atoms with van der Waals surface area (Å²) in [6.45, 7) is 8.52. The number of hydrogen-bond donors (Lipinski definition) is 3. The number of fused-ring (bicyclic) bond motifs is 1. The van der Waals surface area contributed by atoms with Crippen LogP contribution in [0.25, 0.3) is 10.9 Å². The van der Waals surface area contributed by atoms with Crippen molar-refractivity contribution in [3.8, 4) is 0 Å². The summed E-state index contributed by atoms with van der Waals surface area (Å²) < 4.78 is 16.1. The Bertz CT molecular complexity index is 1140. The van der Waals surface area contributed by atoms with E-state index in [0.717, 1.165) is 12.0 Å². The smallest absolute Gasteiger partial charge is 0.273 e. The second-order valence-electron chi connectivity index (χ2n) is 9.62. The molecule has 4 N–H and O–H groups in total. The predicted octanol–water partition coefficient (Wildman–Crippen LogP) is 3.94. The minimum atomic E-state index is -0.822. The third-order valence-electron chi connectivity index (χ3n) is 5.82. The molecular weight excluding hydrogens is 433 g/mol. The first kappa shape index (κ1) is 25.4. The number of nitrogens with two attached hydrogens (primary N) is 1. The van der Waals surface area contributed by atoms with E-state index in [1.165, 1.54) is 10.7 Å². The number of carbonyl (C=O) groups excluding carboxylic acids is 2. The normalized spacial score (nSPS) is 13.5. The maximum absolute atomic E-state index is 14.6. The lowest BCUT2D eigenvalue weighted by molar-refractivity contribution is -0.126. The molecule has 0 spiro atoms. The van der Waals surface area contributed by atoms with Crippen molar-refractivity contribution in [3.63, 3.8) is 0 Å². The number of halogens is 1. The highest BCUT2D eigenvalue weighted by Crippen LogP contribution is 2.25. The fourth-order valence-electron chi connectivity index (χ4n) is 3.93. The first-order valence-electron chi connectivity index (χ1n) is 11.6. The topological polar surface area (TPSA) is 102 Å². The predicted molar refractivity (Wildman–Crippen MR) is 132 cm³/mol. The average molecular weight is 468 g/mol. The Balaban J connectivity index is 1.86. The van der Waals surface area contributed by atoms with Crippen LogP contribution in [-0.2, 0) is 11.3 Å². The van der Waals surface area contributed by atoms with E-state index >= 15 is 0 Å². The van der Waals surface area contributed by atoms with Crippen molar-refractivity contribution in [2.24, 2.45) is 11.1 Å². The van der Waals surface area contributed by atoms with E-state index < -0.39 is 23.2 Å². The van der Waals surface area contributed by atoms with Crippen LogP contribution in [-0.4, -0.2) is 34.2 Å². The van der Waals surface area contributed by atoms with Crippen LogP contribution in [0.4, 0.5) is 4.39 Å². The number of hydrogen-bond acceptors (Lipinski definition) is 4. The van der Waals surface area contributed by atoms with Gasteiger partial charge in [-0.2, -0.15) is 5.10 Å². The summed E-state index contributed by atoms with van der Waals surface area (Å²) in [5, 5.41) is 10.7. The lowest BCUT2D eigenvalue weighted by Crippen LogP contribution is -2.54. The van der Waals surface area contributed by atoms with Gasteiger partial charge in [-0.25, -0.2) is 4.39 Å². The lowest BCUT2D eigenvalue weighted by Gasteiger charge is -2.31. The van der Waals surface area contributed by atoms with Gasteiger partial charge in [-0.15, -0.1) is 0 Å². The zero-order valence-corrected chi connectivity index (χ0v) is 20.3. The lowest BCUT2D eigenvalue weighted by atomic mass is 9.85. The second kappa shape index (κ2) is 10.8. The number of rotatable bonds is 9. The molecule has 34 heavy (non-hydrogen) atoms. The molecule has 0 radical (unpaired) electrons. The van der Waals surface area contributed by atoms with Crippen molar-refractivity contribution < 1.29 is 14.0 Å². The van der Waals surface area contributed by atoms with Gasteiger partial charge in [0.1, 0.15) is 17.4 Å². The van der Waals surface area contributed by atoms with Crippen LogP contribution in [0.3, 0.4) is 0 Å². The minimum absolute atomic E-state index is 0.0976. The summed E-state index contributed by atoms with van der Waals surface area (Å²) in [5.41, 5.74) is 6.35. The molecule has 2 atom stereocenters. The number of aryl methyl sites for hydroxylation is 1. The first-order valence-corrected chi connectivity index (χ1v) is 11.6. The molecule has 0 saturated heterocycles. The van der Waals surface area contributed by atoms with Crippen LogP contribution in [0.2, 0.25) is 0 Å². The van der Waals surface area contributed by atoms with Gasteiger partial charge in [-0.05, 0) is 43.4 Å². The molecule has 7 nitrogen and oxygen atoms in total. The largest absolute Gasteiger partial charge is 0.348 e. The first-order chi connectivity index (χ1) is 16.1. The maximum atomic E-state index is 14.6. The van der Waals surface area contributed by atoms with Crippen LogP contribution in [0.5, 0.6) is 0 Å². The molecule has 8 heteroatoms. The number of carbonyl (C=O) groups is 2. The molecule has 1 heterocycles. The molecule has 0 aliphatic carbocycles. The van der Waals surface area contributed by atoms with E-state index in [0.29, 0.717) is 24.9 Å². The number of aromatic nitrogens is 2. The fourth-order valence-corrected chi connectivity index (χ4v) is 3.93. The molecule has 2 unspecified atom stereocenters. The molecule has 0 aliphatic heterocycles. The van der Waals surface area contributed by atoms with Crippen molar-refractivity contribution in [3.05, 3.63) is 65.6 Å². The highest BCUT2D eigenvalue weighted by atomic mass is 19.1. The standard InChI is InChI=1S/C26H34FN5O2/c1-17(18-11-6-5-7-12-18)29-25(34)23(26(2,3)4)30-24(33)21-19-13-10-14-20(27)22(19)32(31-21)16-9-8-15-28/h5-7,10-14,17,23H,8-9,15-16,28H2,1-4H3,(H,29,34)(H,30,33). The molecule has 0 saturated carbocycles. The molecule has 1 aromatic heterocycles. The number of para-hydroxylation sites is 1. The van der Waals surface area contributed by atoms with Crippen molar-refractivity contribution in [2.45, 2.75) is 59.2 Å². The van der Waals surface area contributed by atoms with Gasteiger partial charge in [0, 0.05) is 11.9 Å². The summed E-state index contributed by atoms with van der Waals surface area (Å²) in [5.74, 6) is -1.26. The Morgan fingerprint density at radius 2 is 1.76 bits per heavy atom. The van der Waals surface area contributed by atoms with E-state index in [1.54, 1.807) is 12.1 Å². The Morgan fingerprint density at radius 3 is 2.41 bits per heavy atom. The molecule has 182 valence electrons. The Labute approximate surface area is 199 Å². The number of unbranched alkanes of at least 4 members (excludes halogenated alkanes) is 1. The van der Waals surface area contributed by atoms with Crippen molar-refractivity contribution in [1.29, 1.82) is 0 Å². The summed E-state index contributed by atoms with van der Waals surface area (Å²) in [6.07, 6.45) is 1.48. The number of nitrogens with one attached hydrogen (secondary N) is 2. The van der Waals surface area contributed by atoms with Gasteiger partial charge in [0.25, 0.3) is 5.91 Å². The molecular formula is C26H34FN5O2.